The number of para-hydroxylation sites is 1. The number of esters is 1. The number of carbonyl (C=O) groups excluding carboxylic acids is 3. The van der Waals surface area contributed by atoms with E-state index in [0.717, 1.165) is 4.47 Å². The van der Waals surface area contributed by atoms with Gasteiger partial charge in [-0.1, -0.05) is 40.2 Å². The van der Waals surface area contributed by atoms with Gasteiger partial charge in [-0.2, -0.15) is 0 Å². The molecule has 0 aliphatic rings. The number of halogens is 2. The van der Waals surface area contributed by atoms with Gasteiger partial charge in [-0.25, -0.2) is 4.39 Å². The first-order valence-corrected chi connectivity index (χ1v) is 8.24. The highest BCUT2D eigenvalue weighted by molar-refractivity contribution is 9.10. The number of amides is 1. The van der Waals surface area contributed by atoms with E-state index >= 15 is 0 Å². The second-order valence-electron chi connectivity index (χ2n) is 5.12. The first-order valence-electron chi connectivity index (χ1n) is 7.44. The third kappa shape index (κ3) is 6.11. The maximum atomic E-state index is 13.4. The van der Waals surface area contributed by atoms with Crippen LogP contribution < -0.4 is 5.32 Å². The van der Waals surface area contributed by atoms with Gasteiger partial charge in [-0.3, -0.25) is 14.4 Å². The van der Waals surface area contributed by atoms with Crippen LogP contribution in [0.15, 0.2) is 53.0 Å². The molecule has 130 valence electrons. The Hall–Kier alpha value is -2.54. The lowest BCUT2D eigenvalue weighted by Gasteiger charge is -2.07. The molecule has 1 amide bonds. The second-order valence-corrected chi connectivity index (χ2v) is 6.03. The van der Waals surface area contributed by atoms with Gasteiger partial charge < -0.3 is 10.1 Å². The van der Waals surface area contributed by atoms with E-state index in [4.69, 9.17) is 4.74 Å². The molecule has 2 aromatic rings. The van der Waals surface area contributed by atoms with Crippen molar-refractivity contribution in [2.24, 2.45) is 0 Å². The number of anilines is 1. The molecular formula is C18H15BrFNO4. The van der Waals surface area contributed by atoms with Crippen LogP contribution in [0.25, 0.3) is 0 Å². The Bertz CT molecular complexity index is 777. The SMILES string of the molecule is O=C(COC(=O)CCC(=O)c1ccc(Br)cc1)Nc1ccccc1F. The number of ether oxygens (including phenoxy) is 1. The van der Waals surface area contributed by atoms with Crippen LogP contribution in [0.4, 0.5) is 10.1 Å². The highest BCUT2D eigenvalue weighted by Crippen LogP contribution is 2.13. The number of hydrogen-bond acceptors (Lipinski definition) is 4. The number of carbonyl (C=O) groups is 3. The van der Waals surface area contributed by atoms with Crippen molar-refractivity contribution in [3.63, 3.8) is 0 Å². The van der Waals surface area contributed by atoms with Crippen molar-refractivity contribution in [2.75, 3.05) is 11.9 Å². The minimum Gasteiger partial charge on any atom is -0.456 e. The molecule has 0 saturated carbocycles. The molecule has 2 aromatic carbocycles. The number of hydrogen-bond donors (Lipinski definition) is 1. The molecule has 0 fully saturated rings. The minimum absolute atomic E-state index is 0.00830. The van der Waals surface area contributed by atoms with Gasteiger partial charge in [0, 0.05) is 16.5 Å². The number of ketones is 1. The normalized spacial score (nSPS) is 10.2. The molecule has 0 heterocycles. The van der Waals surface area contributed by atoms with Crippen LogP contribution in [0, 0.1) is 5.82 Å². The summed E-state index contributed by atoms with van der Waals surface area (Å²) in [5.74, 6) is -2.10. The van der Waals surface area contributed by atoms with Gasteiger partial charge in [0.05, 0.1) is 12.1 Å². The number of benzene rings is 2. The van der Waals surface area contributed by atoms with Gasteiger partial charge in [0.15, 0.2) is 12.4 Å². The molecule has 1 N–H and O–H groups in total. The molecule has 0 bridgehead atoms. The van der Waals surface area contributed by atoms with Crippen LogP contribution in [-0.2, 0) is 14.3 Å². The molecule has 2 rings (SSSR count). The first kappa shape index (κ1) is 18.8. The van der Waals surface area contributed by atoms with Crippen molar-refractivity contribution in [1.82, 2.24) is 0 Å². The van der Waals surface area contributed by atoms with E-state index in [-0.39, 0.29) is 24.3 Å². The Morgan fingerprint density at radius 1 is 1.00 bits per heavy atom. The molecular weight excluding hydrogens is 393 g/mol. The molecule has 0 aliphatic heterocycles. The summed E-state index contributed by atoms with van der Waals surface area (Å²) in [5, 5.41) is 2.30. The molecule has 0 radical (unpaired) electrons. The summed E-state index contributed by atoms with van der Waals surface area (Å²) < 4.78 is 19.0. The molecule has 7 heteroatoms. The zero-order valence-corrected chi connectivity index (χ0v) is 14.7. The van der Waals surface area contributed by atoms with Gasteiger partial charge in [0.2, 0.25) is 0 Å². The van der Waals surface area contributed by atoms with Crippen molar-refractivity contribution >= 4 is 39.3 Å². The van der Waals surface area contributed by atoms with Crippen LogP contribution in [0.1, 0.15) is 23.2 Å². The lowest BCUT2D eigenvalue weighted by atomic mass is 10.1. The Morgan fingerprint density at radius 3 is 2.36 bits per heavy atom. The van der Waals surface area contributed by atoms with Crippen molar-refractivity contribution in [1.29, 1.82) is 0 Å². The fourth-order valence-corrected chi connectivity index (χ4v) is 2.23. The maximum Gasteiger partial charge on any atom is 0.306 e. The Balaban J connectivity index is 1.73. The van der Waals surface area contributed by atoms with Gasteiger partial charge in [0.25, 0.3) is 5.91 Å². The molecule has 0 aliphatic carbocycles. The number of nitrogens with one attached hydrogen (secondary N) is 1. The quantitative estimate of drug-likeness (QED) is 0.560. The number of Topliss-reactive ketones (excluding diaryl/α,β-unsaturated/α-hetero) is 1. The van der Waals surface area contributed by atoms with Crippen LogP contribution >= 0.6 is 15.9 Å². The Kier molecular flexibility index (Phi) is 6.82. The lowest BCUT2D eigenvalue weighted by molar-refractivity contribution is -0.147. The van der Waals surface area contributed by atoms with E-state index in [1.807, 2.05) is 0 Å². The highest BCUT2D eigenvalue weighted by atomic mass is 79.9. The van der Waals surface area contributed by atoms with E-state index in [0.29, 0.717) is 5.56 Å². The maximum absolute atomic E-state index is 13.4. The summed E-state index contributed by atoms with van der Waals surface area (Å²) in [6, 6.07) is 12.4. The average Bonchev–Trinajstić information content (AvgIpc) is 2.60. The van der Waals surface area contributed by atoms with E-state index in [1.165, 1.54) is 18.2 Å². The molecule has 5 nitrogen and oxygen atoms in total. The summed E-state index contributed by atoms with van der Waals surface area (Å²) in [4.78, 5) is 35.2. The third-order valence-corrected chi connectivity index (χ3v) is 3.76. The zero-order valence-electron chi connectivity index (χ0n) is 13.1. The van der Waals surface area contributed by atoms with Crippen LogP contribution in [0.3, 0.4) is 0 Å². The Morgan fingerprint density at radius 2 is 1.68 bits per heavy atom. The summed E-state index contributed by atoms with van der Waals surface area (Å²) in [5.41, 5.74) is 0.502. The van der Waals surface area contributed by atoms with E-state index in [9.17, 15) is 18.8 Å². The van der Waals surface area contributed by atoms with Gasteiger partial charge in [-0.15, -0.1) is 0 Å². The van der Waals surface area contributed by atoms with Crippen LogP contribution in [0.5, 0.6) is 0 Å². The summed E-state index contributed by atoms with van der Waals surface area (Å²) in [6.07, 6.45) is -0.155. The fourth-order valence-electron chi connectivity index (χ4n) is 1.96. The van der Waals surface area contributed by atoms with Gasteiger partial charge in [0.1, 0.15) is 5.82 Å². The smallest absolute Gasteiger partial charge is 0.306 e. The van der Waals surface area contributed by atoms with Crippen LogP contribution in [-0.4, -0.2) is 24.3 Å². The zero-order chi connectivity index (χ0) is 18.2. The summed E-state index contributed by atoms with van der Waals surface area (Å²) >= 11 is 3.27. The monoisotopic (exact) mass is 407 g/mol. The first-order chi connectivity index (χ1) is 12.0. The van der Waals surface area contributed by atoms with E-state index < -0.39 is 24.3 Å². The van der Waals surface area contributed by atoms with Crippen molar-refractivity contribution in [2.45, 2.75) is 12.8 Å². The van der Waals surface area contributed by atoms with E-state index in [2.05, 4.69) is 21.2 Å². The van der Waals surface area contributed by atoms with Crippen molar-refractivity contribution < 1.29 is 23.5 Å². The predicted molar refractivity (Wildman–Crippen MR) is 93.7 cm³/mol. The second kappa shape index (κ2) is 9.08. The molecule has 0 spiro atoms. The minimum atomic E-state index is -0.672. The third-order valence-electron chi connectivity index (χ3n) is 3.23. The van der Waals surface area contributed by atoms with Gasteiger partial charge >= 0.3 is 5.97 Å². The highest BCUT2D eigenvalue weighted by Gasteiger charge is 2.13. The van der Waals surface area contributed by atoms with Crippen molar-refractivity contribution in [3.05, 3.63) is 64.4 Å². The predicted octanol–water partition coefficient (Wildman–Crippen LogP) is 3.73. The van der Waals surface area contributed by atoms with Crippen LogP contribution in [0.2, 0.25) is 0 Å². The topological polar surface area (TPSA) is 72.5 Å². The fraction of sp³-hybridized carbons (Fsp3) is 0.167. The number of rotatable bonds is 7. The molecule has 0 unspecified atom stereocenters. The molecule has 0 aromatic heterocycles. The molecule has 0 saturated heterocycles. The van der Waals surface area contributed by atoms with Crippen molar-refractivity contribution in [3.8, 4) is 0 Å². The lowest BCUT2D eigenvalue weighted by Crippen LogP contribution is -2.21. The van der Waals surface area contributed by atoms with E-state index in [1.54, 1.807) is 30.3 Å². The molecule has 25 heavy (non-hydrogen) atoms. The summed E-state index contributed by atoms with van der Waals surface area (Å²) in [7, 11) is 0. The standard InChI is InChI=1S/C18H15BrFNO4/c19-13-7-5-12(6-8-13)16(22)9-10-18(24)25-11-17(23)21-15-4-2-1-3-14(15)20/h1-8H,9-11H2,(H,21,23). The largest absolute Gasteiger partial charge is 0.456 e. The Labute approximate surface area is 152 Å². The average molecular weight is 408 g/mol. The summed E-state index contributed by atoms with van der Waals surface area (Å²) in [6.45, 7) is -0.542. The van der Waals surface area contributed by atoms with Gasteiger partial charge in [-0.05, 0) is 24.3 Å². The molecule has 0 atom stereocenters.